The average molecular weight is 214 g/mol. The Morgan fingerprint density at radius 3 is 3.36 bits per heavy atom. The van der Waals surface area contributed by atoms with Crippen molar-refractivity contribution in [2.75, 3.05) is 5.75 Å². The summed E-state index contributed by atoms with van der Waals surface area (Å²) in [5, 5.41) is 14.2. The van der Waals surface area contributed by atoms with Crippen LogP contribution in [0.2, 0.25) is 0 Å². The summed E-state index contributed by atoms with van der Waals surface area (Å²) in [6.45, 7) is 0. The van der Waals surface area contributed by atoms with Crippen LogP contribution < -0.4 is 10.6 Å². The fourth-order valence-corrected chi connectivity index (χ4v) is 3.06. The summed E-state index contributed by atoms with van der Waals surface area (Å²) < 4.78 is 0. The zero-order chi connectivity index (χ0) is 9.97. The smallest absolute Gasteiger partial charge is 0.406 e. The molecule has 3 N–H and O–H groups in total. The minimum atomic E-state index is -0.968. The van der Waals surface area contributed by atoms with Gasteiger partial charge in [0.15, 0.2) is 5.50 Å². The summed E-state index contributed by atoms with van der Waals surface area (Å²) in [4.78, 5) is 10.4. The largest absolute Gasteiger partial charge is 0.465 e. The molecule has 1 aliphatic carbocycles. The third-order valence-electron chi connectivity index (χ3n) is 2.58. The lowest BCUT2D eigenvalue weighted by atomic mass is 9.94. The van der Waals surface area contributed by atoms with Gasteiger partial charge in [-0.25, -0.2) is 4.79 Å². The van der Waals surface area contributed by atoms with E-state index < -0.39 is 6.09 Å². The number of hydrogen-bond donors (Lipinski definition) is 3. The second-order valence-electron chi connectivity index (χ2n) is 3.59. The van der Waals surface area contributed by atoms with Gasteiger partial charge in [0.1, 0.15) is 0 Å². The van der Waals surface area contributed by atoms with E-state index in [-0.39, 0.29) is 5.50 Å². The van der Waals surface area contributed by atoms with Gasteiger partial charge in [-0.3, -0.25) is 5.32 Å². The molecule has 1 amide bonds. The highest BCUT2D eigenvalue weighted by Gasteiger charge is 2.27. The molecule has 2 aliphatic rings. The topological polar surface area (TPSA) is 61.4 Å². The molecule has 4 nitrogen and oxygen atoms in total. The molecule has 0 aromatic carbocycles. The van der Waals surface area contributed by atoms with Crippen molar-refractivity contribution in [1.29, 1.82) is 0 Å². The third kappa shape index (κ3) is 2.15. The number of carboxylic acid groups (broad SMARTS) is 1. The van der Waals surface area contributed by atoms with Gasteiger partial charge in [-0.1, -0.05) is 6.08 Å². The van der Waals surface area contributed by atoms with E-state index in [0.29, 0.717) is 5.92 Å². The molecule has 2 rings (SSSR count). The number of carbonyl (C=O) groups is 1. The zero-order valence-corrected chi connectivity index (χ0v) is 8.64. The number of rotatable bonds is 1. The van der Waals surface area contributed by atoms with E-state index in [1.807, 2.05) is 0 Å². The van der Waals surface area contributed by atoms with Gasteiger partial charge in [0.2, 0.25) is 0 Å². The molecule has 0 aromatic heterocycles. The molecule has 2 atom stereocenters. The lowest BCUT2D eigenvalue weighted by molar-refractivity contribution is 0.192. The molecular weight excluding hydrogens is 200 g/mol. The minimum absolute atomic E-state index is 0.173. The molecular formula is C9H14N2O2S. The predicted molar refractivity (Wildman–Crippen MR) is 56.0 cm³/mol. The van der Waals surface area contributed by atoms with Crippen molar-refractivity contribution in [3.8, 4) is 0 Å². The highest BCUT2D eigenvalue weighted by molar-refractivity contribution is 7.99. The van der Waals surface area contributed by atoms with Crippen LogP contribution in [0.3, 0.4) is 0 Å². The molecule has 0 saturated carbocycles. The lowest BCUT2D eigenvalue weighted by Crippen LogP contribution is -2.47. The Labute approximate surface area is 87.1 Å². The van der Waals surface area contributed by atoms with E-state index in [9.17, 15) is 4.79 Å². The highest BCUT2D eigenvalue weighted by Crippen LogP contribution is 2.31. The second-order valence-corrected chi connectivity index (χ2v) is 4.73. The first-order valence-electron chi connectivity index (χ1n) is 4.83. The van der Waals surface area contributed by atoms with Gasteiger partial charge in [0, 0.05) is 17.4 Å². The quantitative estimate of drug-likeness (QED) is 0.620. The maximum Gasteiger partial charge on any atom is 0.406 e. The lowest BCUT2D eigenvalue weighted by Gasteiger charge is -2.34. The van der Waals surface area contributed by atoms with Crippen LogP contribution in [0.1, 0.15) is 19.3 Å². The average Bonchev–Trinajstić information content (AvgIpc) is 2.17. The Bertz CT molecular complexity index is 268. The molecule has 14 heavy (non-hydrogen) atoms. The Morgan fingerprint density at radius 2 is 2.57 bits per heavy atom. The Kier molecular flexibility index (Phi) is 2.86. The summed E-state index contributed by atoms with van der Waals surface area (Å²) in [7, 11) is 0. The third-order valence-corrected chi connectivity index (χ3v) is 3.74. The fourth-order valence-electron chi connectivity index (χ4n) is 1.89. The number of hydrogen-bond acceptors (Lipinski definition) is 3. The van der Waals surface area contributed by atoms with Crippen molar-refractivity contribution in [3.05, 3.63) is 11.8 Å². The molecule has 1 saturated heterocycles. The maximum atomic E-state index is 10.4. The van der Waals surface area contributed by atoms with E-state index in [0.717, 1.165) is 12.2 Å². The van der Waals surface area contributed by atoms with Gasteiger partial charge >= 0.3 is 6.09 Å². The summed E-state index contributed by atoms with van der Waals surface area (Å²) in [6, 6.07) is 0. The van der Waals surface area contributed by atoms with Crippen molar-refractivity contribution in [1.82, 2.24) is 10.6 Å². The van der Waals surface area contributed by atoms with Gasteiger partial charge in [-0.05, 0) is 19.3 Å². The van der Waals surface area contributed by atoms with Crippen molar-refractivity contribution in [2.45, 2.75) is 24.8 Å². The molecule has 1 fully saturated rings. The first-order valence-corrected chi connectivity index (χ1v) is 5.88. The van der Waals surface area contributed by atoms with Crippen molar-refractivity contribution >= 4 is 17.9 Å². The van der Waals surface area contributed by atoms with E-state index in [4.69, 9.17) is 5.11 Å². The summed E-state index contributed by atoms with van der Waals surface area (Å²) in [5.41, 5.74) is 1.06. The van der Waals surface area contributed by atoms with Gasteiger partial charge < -0.3 is 10.4 Å². The maximum absolute atomic E-state index is 10.4. The Hall–Kier alpha value is -0.840. The minimum Gasteiger partial charge on any atom is -0.465 e. The fraction of sp³-hybridized carbons (Fsp3) is 0.667. The normalized spacial score (nSPS) is 31.0. The molecule has 1 heterocycles. The highest BCUT2D eigenvalue weighted by atomic mass is 32.2. The van der Waals surface area contributed by atoms with E-state index >= 15 is 0 Å². The van der Waals surface area contributed by atoms with Crippen LogP contribution in [0, 0.1) is 5.92 Å². The molecule has 2 unspecified atom stereocenters. The SMILES string of the molecule is O=C(O)NC1NC2=CCCCC2CS1. The Balaban J connectivity index is 1.95. The van der Waals surface area contributed by atoms with Crippen molar-refractivity contribution < 1.29 is 9.90 Å². The molecule has 1 aliphatic heterocycles. The van der Waals surface area contributed by atoms with Crippen LogP contribution in [0.15, 0.2) is 11.8 Å². The molecule has 0 aromatic rings. The van der Waals surface area contributed by atoms with E-state index in [1.165, 1.54) is 18.5 Å². The van der Waals surface area contributed by atoms with Crippen LogP contribution >= 0.6 is 11.8 Å². The van der Waals surface area contributed by atoms with Crippen LogP contribution in [-0.2, 0) is 0 Å². The van der Waals surface area contributed by atoms with Crippen LogP contribution in [-0.4, -0.2) is 22.5 Å². The van der Waals surface area contributed by atoms with Crippen LogP contribution in [0.5, 0.6) is 0 Å². The van der Waals surface area contributed by atoms with Gasteiger partial charge in [0.05, 0.1) is 0 Å². The number of amides is 1. The standard InChI is InChI=1S/C9H14N2O2S/c12-9(13)11-8-10-7-4-2-1-3-6(7)5-14-8/h4,6,8,10-11H,1-3,5H2,(H,12,13). The van der Waals surface area contributed by atoms with Gasteiger partial charge in [-0.2, -0.15) is 0 Å². The number of nitrogens with one attached hydrogen (secondary N) is 2. The first-order chi connectivity index (χ1) is 6.75. The molecule has 0 bridgehead atoms. The van der Waals surface area contributed by atoms with E-state index in [2.05, 4.69) is 16.7 Å². The zero-order valence-electron chi connectivity index (χ0n) is 7.82. The summed E-state index contributed by atoms with van der Waals surface area (Å²) >= 11 is 1.63. The monoisotopic (exact) mass is 214 g/mol. The van der Waals surface area contributed by atoms with E-state index in [1.54, 1.807) is 11.8 Å². The summed E-state index contributed by atoms with van der Waals surface area (Å²) in [5.74, 6) is 1.63. The van der Waals surface area contributed by atoms with Crippen molar-refractivity contribution in [2.24, 2.45) is 5.92 Å². The molecule has 78 valence electrons. The molecule has 0 spiro atoms. The van der Waals surface area contributed by atoms with Crippen LogP contribution in [0.25, 0.3) is 0 Å². The first kappa shape index (κ1) is 9.71. The van der Waals surface area contributed by atoms with Gasteiger partial charge in [-0.15, -0.1) is 11.8 Å². The summed E-state index contributed by atoms with van der Waals surface area (Å²) in [6.07, 6.45) is 4.83. The number of fused-ring (bicyclic) bond motifs is 1. The molecule has 0 radical (unpaired) electrons. The predicted octanol–water partition coefficient (Wildman–Crippen LogP) is 1.56. The molecule has 5 heteroatoms. The van der Waals surface area contributed by atoms with Crippen molar-refractivity contribution in [3.63, 3.8) is 0 Å². The second kappa shape index (κ2) is 4.13. The van der Waals surface area contributed by atoms with Gasteiger partial charge in [0.25, 0.3) is 0 Å². The Morgan fingerprint density at radius 1 is 1.71 bits per heavy atom. The number of allylic oxidation sites excluding steroid dienone is 2. The number of thioether (sulfide) groups is 1. The van der Waals surface area contributed by atoms with Crippen LogP contribution in [0.4, 0.5) is 4.79 Å².